The van der Waals surface area contributed by atoms with Gasteiger partial charge < -0.3 is 14.4 Å². The second kappa shape index (κ2) is 8.64. The number of hydrogen-bond acceptors (Lipinski definition) is 3. The summed E-state index contributed by atoms with van der Waals surface area (Å²) in [7, 11) is 0. The summed E-state index contributed by atoms with van der Waals surface area (Å²) in [6.07, 6.45) is 0. The van der Waals surface area contributed by atoms with Crippen LogP contribution in [0, 0.1) is 0 Å². The first kappa shape index (κ1) is 21.8. The molecule has 3 heteroatoms. The smallest absolute Gasteiger partial charge is 0.152 e. The first-order valence-electron chi connectivity index (χ1n) is 13.1. The van der Waals surface area contributed by atoms with Gasteiger partial charge in [-0.2, -0.15) is 0 Å². The molecule has 2 aliphatic rings. The Kier molecular flexibility index (Phi) is 4.82. The number of benzene rings is 6. The van der Waals surface area contributed by atoms with Gasteiger partial charge in [-0.15, -0.1) is 0 Å². The Hall–Kier alpha value is -5.28. The van der Waals surface area contributed by atoms with Gasteiger partial charge in [0, 0.05) is 16.8 Å². The van der Waals surface area contributed by atoms with E-state index in [9.17, 15) is 0 Å². The fraction of sp³-hybridized carbons (Fsp3) is 0. The van der Waals surface area contributed by atoms with Crippen molar-refractivity contribution in [3.8, 4) is 56.4 Å². The van der Waals surface area contributed by atoms with Gasteiger partial charge in [-0.25, -0.2) is 0 Å². The molecule has 0 atom stereocenters. The van der Waals surface area contributed by atoms with E-state index in [4.69, 9.17) is 9.47 Å². The number of para-hydroxylation sites is 4. The molecule has 39 heavy (non-hydrogen) atoms. The minimum Gasteiger partial charge on any atom is -0.456 e. The molecule has 0 saturated heterocycles. The fourth-order valence-corrected chi connectivity index (χ4v) is 5.65. The molecule has 0 amide bonds. The quantitative estimate of drug-likeness (QED) is 0.235. The van der Waals surface area contributed by atoms with Crippen molar-refractivity contribution < 1.29 is 9.47 Å². The number of hydrogen-bond donors (Lipinski definition) is 0. The maximum atomic E-state index is 6.46. The highest BCUT2D eigenvalue weighted by Crippen LogP contribution is 2.52. The van der Waals surface area contributed by atoms with E-state index in [1.165, 1.54) is 5.56 Å². The molecule has 0 radical (unpaired) electrons. The Labute approximate surface area is 227 Å². The van der Waals surface area contributed by atoms with Crippen LogP contribution in [0.25, 0.3) is 33.4 Å². The van der Waals surface area contributed by atoms with Gasteiger partial charge in [0.1, 0.15) is 11.5 Å². The summed E-state index contributed by atoms with van der Waals surface area (Å²) in [4.78, 5) is 2.26. The van der Waals surface area contributed by atoms with Gasteiger partial charge in [0.05, 0.1) is 11.4 Å². The van der Waals surface area contributed by atoms with Gasteiger partial charge in [0.2, 0.25) is 0 Å². The molecule has 0 bridgehead atoms. The van der Waals surface area contributed by atoms with E-state index in [1.807, 2.05) is 36.4 Å². The average molecular weight is 502 g/mol. The molecule has 6 aromatic rings. The second-order valence-electron chi connectivity index (χ2n) is 9.78. The minimum absolute atomic E-state index is 0.828. The van der Waals surface area contributed by atoms with Crippen molar-refractivity contribution in [2.75, 3.05) is 4.90 Å². The number of nitrogens with zero attached hydrogens (tertiary/aromatic N) is 1. The lowest BCUT2D eigenvalue weighted by molar-refractivity contribution is 0.477. The van der Waals surface area contributed by atoms with Gasteiger partial charge in [0.15, 0.2) is 11.5 Å². The summed E-state index contributed by atoms with van der Waals surface area (Å²) in [5, 5.41) is 0. The van der Waals surface area contributed by atoms with Crippen LogP contribution in [0.2, 0.25) is 0 Å². The van der Waals surface area contributed by atoms with Crippen LogP contribution in [0.5, 0.6) is 23.0 Å². The van der Waals surface area contributed by atoms with E-state index in [-0.39, 0.29) is 0 Å². The molecule has 3 nitrogen and oxygen atoms in total. The van der Waals surface area contributed by atoms with Crippen LogP contribution in [0.1, 0.15) is 0 Å². The van der Waals surface area contributed by atoms with Gasteiger partial charge in [-0.1, -0.05) is 84.9 Å². The molecule has 0 saturated carbocycles. The third kappa shape index (κ3) is 3.52. The summed E-state index contributed by atoms with van der Waals surface area (Å²) >= 11 is 0. The minimum atomic E-state index is 0.828. The van der Waals surface area contributed by atoms with Crippen molar-refractivity contribution in [2.24, 2.45) is 0 Å². The molecule has 0 spiro atoms. The third-order valence-electron chi connectivity index (χ3n) is 7.47. The summed E-state index contributed by atoms with van der Waals surface area (Å²) < 4.78 is 12.9. The number of fused-ring (bicyclic) bond motifs is 7. The highest BCUT2D eigenvalue weighted by Gasteiger charge is 2.26. The zero-order valence-corrected chi connectivity index (χ0v) is 21.0. The predicted octanol–water partition coefficient (Wildman–Crippen LogP) is 10.4. The molecule has 8 rings (SSSR count). The summed E-state index contributed by atoms with van der Waals surface area (Å²) in [5.74, 6) is 3.40. The molecule has 2 aliphatic heterocycles. The second-order valence-corrected chi connectivity index (χ2v) is 9.78. The molecular weight excluding hydrogens is 478 g/mol. The van der Waals surface area contributed by atoms with E-state index >= 15 is 0 Å². The Morgan fingerprint density at radius 1 is 0.359 bits per heavy atom. The largest absolute Gasteiger partial charge is 0.456 e. The van der Waals surface area contributed by atoms with E-state index < -0.39 is 0 Å². The first-order valence-corrected chi connectivity index (χ1v) is 13.1. The highest BCUT2D eigenvalue weighted by molar-refractivity contribution is 5.93. The van der Waals surface area contributed by atoms with Gasteiger partial charge in [0.25, 0.3) is 0 Å². The van der Waals surface area contributed by atoms with Gasteiger partial charge >= 0.3 is 0 Å². The molecule has 6 aromatic carbocycles. The van der Waals surface area contributed by atoms with Crippen molar-refractivity contribution in [1.29, 1.82) is 0 Å². The normalized spacial score (nSPS) is 12.5. The molecule has 0 unspecified atom stereocenters. The van der Waals surface area contributed by atoms with Crippen molar-refractivity contribution in [3.05, 3.63) is 140 Å². The summed E-state index contributed by atoms with van der Waals surface area (Å²) in [6, 6.07) is 48.3. The fourth-order valence-electron chi connectivity index (χ4n) is 5.65. The lowest BCUT2D eigenvalue weighted by Gasteiger charge is -2.33. The lowest BCUT2D eigenvalue weighted by atomic mass is 9.92. The van der Waals surface area contributed by atoms with Crippen LogP contribution in [-0.4, -0.2) is 0 Å². The monoisotopic (exact) mass is 501 g/mol. The molecule has 2 heterocycles. The zero-order valence-electron chi connectivity index (χ0n) is 21.0. The first-order chi connectivity index (χ1) is 19.3. The predicted molar refractivity (Wildman–Crippen MR) is 158 cm³/mol. The molecule has 0 aromatic heterocycles. The van der Waals surface area contributed by atoms with Crippen molar-refractivity contribution in [1.82, 2.24) is 0 Å². The molecule has 0 fully saturated rings. The molecular formula is C36H23NO2. The summed E-state index contributed by atoms with van der Waals surface area (Å²) in [6.45, 7) is 0. The zero-order chi connectivity index (χ0) is 25.8. The van der Waals surface area contributed by atoms with Crippen molar-refractivity contribution in [3.63, 3.8) is 0 Å². The summed E-state index contributed by atoms with van der Waals surface area (Å²) in [5.41, 5.74) is 9.86. The van der Waals surface area contributed by atoms with Crippen LogP contribution < -0.4 is 14.4 Å². The Morgan fingerprint density at radius 2 is 0.923 bits per heavy atom. The van der Waals surface area contributed by atoms with Crippen LogP contribution in [0.3, 0.4) is 0 Å². The molecule has 0 N–H and O–H groups in total. The number of anilines is 3. The van der Waals surface area contributed by atoms with Gasteiger partial charge in [-0.05, 0) is 76.9 Å². The lowest BCUT2D eigenvalue weighted by Crippen LogP contribution is -2.15. The average Bonchev–Trinajstić information content (AvgIpc) is 3.14. The van der Waals surface area contributed by atoms with Crippen LogP contribution >= 0.6 is 0 Å². The van der Waals surface area contributed by atoms with E-state index in [2.05, 4.69) is 108 Å². The molecule has 0 aliphatic carbocycles. The van der Waals surface area contributed by atoms with E-state index in [1.54, 1.807) is 0 Å². The third-order valence-corrected chi connectivity index (χ3v) is 7.47. The maximum Gasteiger partial charge on any atom is 0.152 e. The number of rotatable bonds is 2. The Balaban J connectivity index is 1.26. The van der Waals surface area contributed by atoms with E-state index in [0.717, 1.165) is 67.9 Å². The Morgan fingerprint density at radius 3 is 1.77 bits per heavy atom. The van der Waals surface area contributed by atoms with Crippen LogP contribution in [0.4, 0.5) is 17.1 Å². The van der Waals surface area contributed by atoms with E-state index in [0.29, 0.717) is 0 Å². The Bertz CT molecular complexity index is 1880. The van der Waals surface area contributed by atoms with Gasteiger partial charge in [-0.3, -0.25) is 0 Å². The topological polar surface area (TPSA) is 21.7 Å². The SMILES string of the molecule is c1ccc(N2c3ccccc3Oc3cc(-c4ccc5c(c4)-c4ccccc4-c4ccccc4O5)ccc32)cc1. The van der Waals surface area contributed by atoms with Crippen LogP contribution in [-0.2, 0) is 0 Å². The van der Waals surface area contributed by atoms with Crippen molar-refractivity contribution >= 4 is 17.1 Å². The van der Waals surface area contributed by atoms with Crippen molar-refractivity contribution in [2.45, 2.75) is 0 Å². The maximum absolute atomic E-state index is 6.46. The standard InChI is InChI=1S/C36H23NO2/c1-2-10-26(11-3-1)37-31-15-7-9-17-35(31)39-36-23-25(18-20-32(36)37)24-19-21-34-30(22-24)28-13-5-4-12-27(28)29-14-6-8-16-33(29)38-34/h1-23H. The number of ether oxygens (including phenoxy) is 2. The molecule has 184 valence electrons. The highest BCUT2D eigenvalue weighted by atomic mass is 16.5. The van der Waals surface area contributed by atoms with Crippen LogP contribution in [0.15, 0.2) is 140 Å².